The molecule has 5 atom stereocenters. The Morgan fingerprint density at radius 3 is 2.24 bits per heavy atom. The molecule has 6 nitrogen and oxygen atoms in total. The number of aliphatic hydroxyl groups is 2. The Kier molecular flexibility index (Phi) is 4.78. The van der Waals surface area contributed by atoms with Crippen molar-refractivity contribution < 1.29 is 29.2 Å². The van der Waals surface area contributed by atoms with E-state index in [-0.39, 0.29) is 6.61 Å². The van der Waals surface area contributed by atoms with E-state index in [0.29, 0.717) is 6.42 Å². The summed E-state index contributed by atoms with van der Waals surface area (Å²) in [7, 11) is 0. The first-order valence-corrected chi connectivity index (χ1v) is 7.30. The highest BCUT2D eigenvalue weighted by atomic mass is 16.8. The SMILES string of the molecule is C=CC[C@@H](O)[C@H]1OC(C)(C)O[C@H]1[C@H](O)[C@H]1COC(C)(C)O1. The van der Waals surface area contributed by atoms with Crippen molar-refractivity contribution in [3.8, 4) is 0 Å². The van der Waals surface area contributed by atoms with Gasteiger partial charge in [0, 0.05) is 0 Å². The van der Waals surface area contributed by atoms with Crippen molar-refractivity contribution in [3.05, 3.63) is 12.7 Å². The van der Waals surface area contributed by atoms with E-state index in [9.17, 15) is 10.2 Å². The van der Waals surface area contributed by atoms with Gasteiger partial charge in [0.25, 0.3) is 0 Å². The van der Waals surface area contributed by atoms with Gasteiger partial charge in [-0.2, -0.15) is 0 Å². The lowest BCUT2D eigenvalue weighted by molar-refractivity contribution is -0.179. The van der Waals surface area contributed by atoms with Gasteiger partial charge in [0.05, 0.1) is 12.7 Å². The first-order chi connectivity index (χ1) is 9.65. The van der Waals surface area contributed by atoms with Crippen molar-refractivity contribution in [1.82, 2.24) is 0 Å². The minimum absolute atomic E-state index is 0.277. The summed E-state index contributed by atoms with van der Waals surface area (Å²) < 4.78 is 22.6. The van der Waals surface area contributed by atoms with Crippen molar-refractivity contribution >= 4 is 0 Å². The maximum absolute atomic E-state index is 10.6. The molecule has 6 heteroatoms. The van der Waals surface area contributed by atoms with Crippen molar-refractivity contribution in [2.75, 3.05) is 6.61 Å². The van der Waals surface area contributed by atoms with Crippen LogP contribution in [0.4, 0.5) is 0 Å². The fourth-order valence-electron chi connectivity index (χ4n) is 2.78. The monoisotopic (exact) mass is 302 g/mol. The fraction of sp³-hybridized carbons (Fsp3) is 0.867. The largest absolute Gasteiger partial charge is 0.390 e. The molecule has 122 valence electrons. The smallest absolute Gasteiger partial charge is 0.164 e. The Bertz CT molecular complexity index is 380. The second-order valence-electron chi connectivity index (χ2n) is 6.51. The maximum atomic E-state index is 10.6. The normalized spacial score (nSPS) is 37.3. The van der Waals surface area contributed by atoms with Gasteiger partial charge in [-0.3, -0.25) is 0 Å². The molecule has 2 aliphatic heterocycles. The van der Waals surface area contributed by atoms with Gasteiger partial charge in [-0.05, 0) is 34.1 Å². The van der Waals surface area contributed by atoms with E-state index in [1.54, 1.807) is 33.8 Å². The average molecular weight is 302 g/mol. The van der Waals surface area contributed by atoms with Gasteiger partial charge in [0.1, 0.15) is 24.4 Å². The van der Waals surface area contributed by atoms with Crippen molar-refractivity contribution in [1.29, 1.82) is 0 Å². The van der Waals surface area contributed by atoms with Crippen LogP contribution in [0.25, 0.3) is 0 Å². The van der Waals surface area contributed by atoms with E-state index >= 15 is 0 Å². The molecule has 0 spiro atoms. The lowest BCUT2D eigenvalue weighted by Crippen LogP contribution is -2.48. The van der Waals surface area contributed by atoms with Gasteiger partial charge in [-0.15, -0.1) is 6.58 Å². The summed E-state index contributed by atoms with van der Waals surface area (Å²) >= 11 is 0. The van der Waals surface area contributed by atoms with Crippen LogP contribution < -0.4 is 0 Å². The highest BCUT2D eigenvalue weighted by Crippen LogP contribution is 2.35. The van der Waals surface area contributed by atoms with E-state index in [1.807, 2.05) is 0 Å². The fourth-order valence-corrected chi connectivity index (χ4v) is 2.78. The minimum Gasteiger partial charge on any atom is -0.390 e. The van der Waals surface area contributed by atoms with Gasteiger partial charge >= 0.3 is 0 Å². The van der Waals surface area contributed by atoms with Gasteiger partial charge in [0.15, 0.2) is 11.6 Å². The molecule has 2 saturated heterocycles. The number of ether oxygens (including phenoxy) is 4. The van der Waals surface area contributed by atoms with Crippen LogP contribution in [0.3, 0.4) is 0 Å². The number of hydrogen-bond donors (Lipinski definition) is 2. The molecule has 0 bridgehead atoms. The van der Waals surface area contributed by atoms with E-state index in [1.165, 1.54) is 0 Å². The van der Waals surface area contributed by atoms with E-state index < -0.39 is 42.1 Å². The lowest BCUT2D eigenvalue weighted by atomic mass is 9.98. The van der Waals surface area contributed by atoms with Gasteiger partial charge < -0.3 is 29.2 Å². The third-order valence-corrected chi connectivity index (χ3v) is 3.70. The molecular weight excluding hydrogens is 276 g/mol. The van der Waals surface area contributed by atoms with Crippen LogP contribution in [-0.4, -0.2) is 58.9 Å². The highest BCUT2D eigenvalue weighted by molar-refractivity contribution is 4.96. The van der Waals surface area contributed by atoms with Crippen LogP contribution >= 0.6 is 0 Å². The van der Waals surface area contributed by atoms with Crippen LogP contribution in [-0.2, 0) is 18.9 Å². The summed E-state index contributed by atoms with van der Waals surface area (Å²) in [5, 5.41) is 20.7. The molecule has 2 aliphatic rings. The van der Waals surface area contributed by atoms with Crippen LogP contribution in [0.2, 0.25) is 0 Å². The molecule has 21 heavy (non-hydrogen) atoms. The molecule has 0 unspecified atom stereocenters. The van der Waals surface area contributed by atoms with Crippen molar-refractivity contribution in [2.24, 2.45) is 0 Å². The summed E-state index contributed by atoms with van der Waals surface area (Å²) in [6.07, 6.45) is -1.60. The van der Waals surface area contributed by atoms with Crippen LogP contribution in [0.5, 0.6) is 0 Å². The molecule has 0 aromatic heterocycles. The third-order valence-electron chi connectivity index (χ3n) is 3.70. The van der Waals surface area contributed by atoms with E-state index in [0.717, 1.165) is 0 Å². The Morgan fingerprint density at radius 1 is 1.10 bits per heavy atom. The maximum Gasteiger partial charge on any atom is 0.164 e. The molecule has 2 fully saturated rings. The predicted octanol–water partition coefficient (Wildman–Crippen LogP) is 0.956. The second kappa shape index (κ2) is 5.95. The molecule has 0 radical (unpaired) electrons. The number of rotatable bonds is 5. The molecule has 2 rings (SSSR count). The van der Waals surface area contributed by atoms with Crippen LogP contribution in [0, 0.1) is 0 Å². The predicted molar refractivity (Wildman–Crippen MR) is 75.6 cm³/mol. The minimum atomic E-state index is -0.946. The average Bonchev–Trinajstić information content (AvgIpc) is 2.88. The Balaban J connectivity index is 2.09. The molecule has 0 amide bonds. The van der Waals surface area contributed by atoms with Crippen LogP contribution in [0.15, 0.2) is 12.7 Å². The summed E-state index contributed by atoms with van der Waals surface area (Å²) in [5.41, 5.74) is 0. The molecule has 0 aromatic rings. The summed E-state index contributed by atoms with van der Waals surface area (Å²) in [5.74, 6) is -1.59. The molecule has 0 aromatic carbocycles. The molecule has 2 heterocycles. The summed E-state index contributed by atoms with van der Waals surface area (Å²) in [6, 6.07) is 0. The van der Waals surface area contributed by atoms with Crippen molar-refractivity contribution in [3.63, 3.8) is 0 Å². The number of aliphatic hydroxyl groups excluding tert-OH is 2. The topological polar surface area (TPSA) is 77.4 Å². The van der Waals surface area contributed by atoms with Gasteiger partial charge in [-0.25, -0.2) is 0 Å². The van der Waals surface area contributed by atoms with E-state index in [4.69, 9.17) is 18.9 Å². The Hall–Kier alpha value is -0.500. The Morgan fingerprint density at radius 2 is 1.71 bits per heavy atom. The zero-order valence-corrected chi connectivity index (χ0v) is 13.1. The Labute approximate surface area is 125 Å². The third kappa shape index (κ3) is 3.83. The zero-order valence-electron chi connectivity index (χ0n) is 13.1. The molecule has 2 N–H and O–H groups in total. The van der Waals surface area contributed by atoms with Crippen LogP contribution in [0.1, 0.15) is 34.1 Å². The summed E-state index contributed by atoms with van der Waals surface area (Å²) in [4.78, 5) is 0. The second-order valence-corrected chi connectivity index (χ2v) is 6.51. The zero-order chi connectivity index (χ0) is 15.8. The van der Waals surface area contributed by atoms with Gasteiger partial charge in [0.2, 0.25) is 0 Å². The molecule has 0 aliphatic carbocycles. The molecular formula is C15H26O6. The summed E-state index contributed by atoms with van der Waals surface area (Å²) in [6.45, 7) is 11.0. The molecule has 0 saturated carbocycles. The first-order valence-electron chi connectivity index (χ1n) is 7.30. The van der Waals surface area contributed by atoms with Gasteiger partial charge in [-0.1, -0.05) is 6.08 Å². The standard InChI is InChI=1S/C15H26O6/c1-6-7-9(16)12-13(21-15(4,5)20-12)11(17)10-8-18-14(2,3)19-10/h6,9-13,16-17H,1,7-8H2,2-5H3/t9-,10-,11-,12-,13+/m1/s1. The lowest BCUT2D eigenvalue weighted by Gasteiger charge is -2.28. The first kappa shape index (κ1) is 16.9. The van der Waals surface area contributed by atoms with E-state index in [2.05, 4.69) is 6.58 Å². The number of hydrogen-bond acceptors (Lipinski definition) is 6. The quantitative estimate of drug-likeness (QED) is 0.737. The van der Waals surface area contributed by atoms with Crippen molar-refractivity contribution in [2.45, 2.75) is 76.2 Å². The highest BCUT2D eigenvalue weighted by Gasteiger charge is 2.51.